The summed E-state index contributed by atoms with van der Waals surface area (Å²) in [5.41, 5.74) is 2.41. The van der Waals surface area contributed by atoms with Crippen molar-refractivity contribution in [2.24, 2.45) is 28.8 Å². The van der Waals surface area contributed by atoms with Gasteiger partial charge in [-0.15, -0.1) is 0 Å². The molecule has 3 aliphatic rings. The molecule has 1 heterocycles. The fraction of sp³-hybridized carbons (Fsp3) is 0.320. The highest BCUT2D eigenvalue weighted by molar-refractivity contribution is 6.07. The molecular weight excluding hydrogens is 409 g/mol. The fourth-order valence-corrected chi connectivity index (χ4v) is 4.89. The summed E-state index contributed by atoms with van der Waals surface area (Å²) in [5, 5.41) is 5.31. The molecule has 1 saturated heterocycles. The zero-order chi connectivity index (χ0) is 22.4. The van der Waals surface area contributed by atoms with Crippen molar-refractivity contribution in [3.63, 3.8) is 0 Å². The fourth-order valence-electron chi connectivity index (χ4n) is 4.89. The molecule has 5 rings (SSSR count). The predicted octanol–water partition coefficient (Wildman–Crippen LogP) is 3.61. The van der Waals surface area contributed by atoms with E-state index in [1.165, 1.54) is 18.3 Å². The Labute approximate surface area is 186 Å². The number of halogens is 1. The van der Waals surface area contributed by atoms with Crippen molar-refractivity contribution in [1.82, 2.24) is 5.01 Å². The molecule has 6 nitrogen and oxygen atoms in total. The Morgan fingerprint density at radius 3 is 2.34 bits per heavy atom. The number of carbonyl (C=O) groups excluding carboxylic acids is 2. The van der Waals surface area contributed by atoms with Crippen LogP contribution in [0.1, 0.15) is 17.5 Å². The first-order chi connectivity index (χ1) is 15.4. The molecule has 7 heteroatoms. The van der Waals surface area contributed by atoms with Gasteiger partial charge in [0.15, 0.2) is 0 Å². The van der Waals surface area contributed by atoms with Crippen molar-refractivity contribution in [3.8, 4) is 5.75 Å². The SMILES string of the molecule is CN(C)c1ccc(C=NN2C(=O)C3C4C=CC(C4)C3C2=O)c(OCc2ccc(F)cc2)c1. The van der Waals surface area contributed by atoms with Crippen LogP contribution in [0.5, 0.6) is 5.75 Å². The maximum absolute atomic E-state index is 13.2. The minimum atomic E-state index is -0.301. The third-order valence-electron chi connectivity index (χ3n) is 6.58. The van der Waals surface area contributed by atoms with E-state index in [0.717, 1.165) is 22.7 Å². The first kappa shape index (κ1) is 20.4. The number of hydrogen-bond donors (Lipinski definition) is 0. The second-order valence-electron chi connectivity index (χ2n) is 8.76. The molecule has 164 valence electrons. The molecule has 1 aliphatic heterocycles. The standard InChI is InChI=1S/C25H24FN3O3/c1-28(2)20-10-7-18(21(12-20)32-14-15-3-8-19(26)9-4-15)13-27-29-24(30)22-16-5-6-17(11-16)23(22)25(29)31/h3-10,12-13,16-17,22-23H,11,14H2,1-2H3. The molecule has 1 saturated carbocycles. The van der Waals surface area contributed by atoms with Crippen LogP contribution in [-0.4, -0.2) is 37.1 Å². The van der Waals surface area contributed by atoms with E-state index in [1.807, 2.05) is 37.2 Å². The Balaban J connectivity index is 1.38. The molecule has 2 aliphatic carbocycles. The molecule has 2 bridgehead atoms. The first-order valence-corrected chi connectivity index (χ1v) is 10.7. The molecule has 2 aromatic rings. The molecule has 4 atom stereocenters. The summed E-state index contributed by atoms with van der Waals surface area (Å²) in [5.74, 6) is -0.431. The average Bonchev–Trinajstić information content (AvgIpc) is 3.46. The van der Waals surface area contributed by atoms with Gasteiger partial charge in [-0.1, -0.05) is 24.3 Å². The zero-order valence-electron chi connectivity index (χ0n) is 17.9. The van der Waals surface area contributed by atoms with Gasteiger partial charge in [-0.25, -0.2) is 4.39 Å². The summed E-state index contributed by atoms with van der Waals surface area (Å²) in [6.45, 7) is 0.249. The van der Waals surface area contributed by atoms with Crippen molar-refractivity contribution in [2.45, 2.75) is 13.0 Å². The number of amides is 2. The lowest BCUT2D eigenvalue weighted by Crippen LogP contribution is -2.28. The van der Waals surface area contributed by atoms with E-state index < -0.39 is 0 Å². The van der Waals surface area contributed by atoms with Crippen LogP contribution in [0.25, 0.3) is 0 Å². The Morgan fingerprint density at radius 2 is 1.72 bits per heavy atom. The van der Waals surface area contributed by atoms with Gasteiger partial charge in [0.25, 0.3) is 11.8 Å². The minimum Gasteiger partial charge on any atom is -0.488 e. The normalized spacial score (nSPS) is 25.8. The van der Waals surface area contributed by atoms with E-state index in [4.69, 9.17) is 4.74 Å². The lowest BCUT2D eigenvalue weighted by Gasteiger charge is -2.16. The van der Waals surface area contributed by atoms with Crippen molar-refractivity contribution in [2.75, 3.05) is 19.0 Å². The van der Waals surface area contributed by atoms with Crippen LogP contribution in [0.15, 0.2) is 59.7 Å². The number of hydrazone groups is 1. The second kappa shape index (κ2) is 7.89. The monoisotopic (exact) mass is 433 g/mol. The topological polar surface area (TPSA) is 62.2 Å². The maximum Gasteiger partial charge on any atom is 0.254 e. The highest BCUT2D eigenvalue weighted by Gasteiger charge is 2.59. The summed E-state index contributed by atoms with van der Waals surface area (Å²) >= 11 is 0. The van der Waals surface area contributed by atoms with Gasteiger partial charge in [-0.2, -0.15) is 10.1 Å². The van der Waals surface area contributed by atoms with Crippen molar-refractivity contribution < 1.29 is 18.7 Å². The molecule has 2 aromatic carbocycles. The Hall–Kier alpha value is -3.48. The summed E-state index contributed by atoms with van der Waals surface area (Å²) in [4.78, 5) is 27.7. The number of imide groups is 1. The van der Waals surface area contributed by atoms with Gasteiger partial charge in [0.1, 0.15) is 18.2 Å². The van der Waals surface area contributed by atoms with Crippen LogP contribution in [0.4, 0.5) is 10.1 Å². The first-order valence-electron chi connectivity index (χ1n) is 10.7. The molecule has 0 spiro atoms. The molecule has 32 heavy (non-hydrogen) atoms. The van der Waals surface area contributed by atoms with Crippen LogP contribution in [0.2, 0.25) is 0 Å². The van der Waals surface area contributed by atoms with Gasteiger partial charge < -0.3 is 9.64 Å². The summed E-state index contributed by atoms with van der Waals surface area (Å²) in [7, 11) is 3.85. The van der Waals surface area contributed by atoms with Crippen molar-refractivity contribution in [3.05, 3.63) is 71.6 Å². The molecule has 2 fully saturated rings. The molecule has 4 unspecified atom stereocenters. The summed E-state index contributed by atoms with van der Waals surface area (Å²) in [6, 6.07) is 11.7. The van der Waals surface area contributed by atoms with Gasteiger partial charge in [0.2, 0.25) is 0 Å². The van der Waals surface area contributed by atoms with E-state index in [9.17, 15) is 14.0 Å². The Bertz CT molecular complexity index is 1100. The lowest BCUT2D eigenvalue weighted by atomic mass is 9.85. The van der Waals surface area contributed by atoms with Crippen LogP contribution < -0.4 is 9.64 Å². The van der Waals surface area contributed by atoms with Gasteiger partial charge in [0.05, 0.1) is 18.1 Å². The smallest absolute Gasteiger partial charge is 0.254 e. The van der Waals surface area contributed by atoms with E-state index in [-0.39, 0.29) is 47.9 Å². The molecule has 0 radical (unpaired) electrons. The number of allylic oxidation sites excluding steroid dienone is 2. The second-order valence-corrected chi connectivity index (χ2v) is 8.76. The molecular formula is C25H24FN3O3. The number of hydrogen-bond acceptors (Lipinski definition) is 5. The lowest BCUT2D eigenvalue weighted by molar-refractivity contribution is -0.140. The Kier molecular flexibility index (Phi) is 5.04. The largest absolute Gasteiger partial charge is 0.488 e. The van der Waals surface area contributed by atoms with E-state index in [0.29, 0.717) is 11.3 Å². The van der Waals surface area contributed by atoms with Crippen LogP contribution in [-0.2, 0) is 16.2 Å². The number of rotatable bonds is 6. The van der Waals surface area contributed by atoms with Gasteiger partial charge in [-0.3, -0.25) is 9.59 Å². The average molecular weight is 433 g/mol. The third-order valence-corrected chi connectivity index (χ3v) is 6.58. The highest BCUT2D eigenvalue weighted by atomic mass is 19.1. The van der Waals surface area contributed by atoms with Gasteiger partial charge in [0, 0.05) is 31.4 Å². The number of carbonyl (C=O) groups is 2. The predicted molar refractivity (Wildman–Crippen MR) is 119 cm³/mol. The number of ether oxygens (including phenoxy) is 1. The van der Waals surface area contributed by atoms with E-state index in [1.54, 1.807) is 12.1 Å². The van der Waals surface area contributed by atoms with E-state index in [2.05, 4.69) is 17.3 Å². The van der Waals surface area contributed by atoms with Gasteiger partial charge >= 0.3 is 0 Å². The summed E-state index contributed by atoms with van der Waals surface area (Å²) in [6.07, 6.45) is 6.51. The third kappa shape index (κ3) is 3.47. The van der Waals surface area contributed by atoms with Crippen LogP contribution in [0.3, 0.4) is 0 Å². The highest BCUT2D eigenvalue weighted by Crippen LogP contribution is 2.52. The minimum absolute atomic E-state index is 0.149. The number of nitrogens with zero attached hydrogens (tertiary/aromatic N) is 3. The van der Waals surface area contributed by atoms with Gasteiger partial charge in [-0.05, 0) is 48.1 Å². The van der Waals surface area contributed by atoms with Crippen LogP contribution in [0, 0.1) is 29.5 Å². The quantitative estimate of drug-likeness (QED) is 0.397. The number of fused-ring (bicyclic) bond motifs is 5. The molecule has 0 aromatic heterocycles. The number of anilines is 1. The van der Waals surface area contributed by atoms with Crippen molar-refractivity contribution >= 4 is 23.7 Å². The maximum atomic E-state index is 13.2. The molecule has 0 N–H and O–H groups in total. The Morgan fingerprint density at radius 1 is 1.06 bits per heavy atom. The number of benzene rings is 2. The van der Waals surface area contributed by atoms with E-state index >= 15 is 0 Å². The van der Waals surface area contributed by atoms with Crippen LogP contribution >= 0.6 is 0 Å². The summed E-state index contributed by atoms with van der Waals surface area (Å²) < 4.78 is 19.2. The zero-order valence-corrected chi connectivity index (χ0v) is 17.9. The molecule has 2 amide bonds. The van der Waals surface area contributed by atoms with Crippen molar-refractivity contribution in [1.29, 1.82) is 0 Å².